The molecule has 24 heavy (non-hydrogen) atoms. The van der Waals surface area contributed by atoms with E-state index in [1.165, 1.54) is 0 Å². The lowest BCUT2D eigenvalue weighted by Gasteiger charge is -2.33. The minimum atomic E-state index is -0.495. The van der Waals surface area contributed by atoms with Crippen LogP contribution in [0, 0.1) is 0 Å². The number of aliphatic hydroxyl groups is 2. The average Bonchev–Trinajstić information content (AvgIpc) is 2.42. The standard InChI is InChI=1S/C18H39NO5/c1-16(2,7-10-19)22-12-9-17(3,4)23-14-15(13-21)24-18(5,6)8-11-20/h15,20-21H,7-14,19H2,1-6H3. The van der Waals surface area contributed by atoms with Crippen LogP contribution in [0.5, 0.6) is 0 Å². The van der Waals surface area contributed by atoms with Crippen molar-refractivity contribution in [2.45, 2.75) is 83.7 Å². The molecule has 0 bridgehead atoms. The van der Waals surface area contributed by atoms with Gasteiger partial charge in [0, 0.05) is 6.61 Å². The van der Waals surface area contributed by atoms with Crippen LogP contribution in [0.15, 0.2) is 0 Å². The molecule has 0 aliphatic rings. The molecule has 0 heterocycles. The van der Waals surface area contributed by atoms with Crippen LogP contribution in [0.1, 0.15) is 60.8 Å². The second kappa shape index (κ2) is 10.7. The van der Waals surface area contributed by atoms with Crippen molar-refractivity contribution in [3.63, 3.8) is 0 Å². The summed E-state index contributed by atoms with van der Waals surface area (Å²) in [6, 6.07) is 0. The topological polar surface area (TPSA) is 94.2 Å². The highest BCUT2D eigenvalue weighted by Crippen LogP contribution is 2.21. The van der Waals surface area contributed by atoms with Gasteiger partial charge in [-0.3, -0.25) is 0 Å². The smallest absolute Gasteiger partial charge is 0.105 e. The lowest BCUT2D eigenvalue weighted by atomic mass is 10.0. The molecule has 4 N–H and O–H groups in total. The quantitative estimate of drug-likeness (QED) is 0.443. The number of nitrogens with two attached hydrogens (primary N) is 1. The van der Waals surface area contributed by atoms with Crippen molar-refractivity contribution < 1.29 is 24.4 Å². The Labute approximate surface area is 147 Å². The van der Waals surface area contributed by atoms with Gasteiger partial charge in [0.1, 0.15) is 6.10 Å². The maximum absolute atomic E-state index is 9.49. The van der Waals surface area contributed by atoms with Crippen LogP contribution in [-0.2, 0) is 14.2 Å². The van der Waals surface area contributed by atoms with Crippen LogP contribution in [0.4, 0.5) is 0 Å². The van der Waals surface area contributed by atoms with Crippen molar-refractivity contribution in [3.8, 4) is 0 Å². The van der Waals surface area contributed by atoms with Crippen LogP contribution in [-0.4, -0.2) is 66.1 Å². The predicted octanol–water partition coefficient (Wildman–Crippen LogP) is 1.85. The van der Waals surface area contributed by atoms with E-state index in [-0.39, 0.29) is 24.4 Å². The number of ether oxygens (including phenoxy) is 3. The zero-order chi connectivity index (χ0) is 18.9. The van der Waals surface area contributed by atoms with Gasteiger partial charge in [-0.25, -0.2) is 0 Å². The number of aliphatic hydroxyl groups excluding tert-OH is 2. The van der Waals surface area contributed by atoms with Gasteiger partial charge in [0.25, 0.3) is 0 Å². The van der Waals surface area contributed by atoms with Crippen molar-refractivity contribution in [1.82, 2.24) is 0 Å². The molecular weight excluding hydrogens is 310 g/mol. The van der Waals surface area contributed by atoms with E-state index in [1.807, 2.05) is 41.5 Å². The summed E-state index contributed by atoms with van der Waals surface area (Å²) in [5.74, 6) is 0. The van der Waals surface area contributed by atoms with Gasteiger partial charge in [-0.2, -0.15) is 0 Å². The third-order valence-electron chi connectivity index (χ3n) is 4.01. The average molecular weight is 350 g/mol. The maximum Gasteiger partial charge on any atom is 0.105 e. The Morgan fingerprint density at radius 1 is 0.833 bits per heavy atom. The van der Waals surface area contributed by atoms with Crippen LogP contribution in [0.2, 0.25) is 0 Å². The minimum Gasteiger partial charge on any atom is -0.396 e. The van der Waals surface area contributed by atoms with Gasteiger partial charge >= 0.3 is 0 Å². The molecule has 0 saturated carbocycles. The Morgan fingerprint density at radius 3 is 1.92 bits per heavy atom. The Morgan fingerprint density at radius 2 is 1.42 bits per heavy atom. The van der Waals surface area contributed by atoms with Gasteiger partial charge < -0.3 is 30.2 Å². The van der Waals surface area contributed by atoms with E-state index in [2.05, 4.69) is 0 Å². The molecule has 0 aliphatic heterocycles. The second-order valence-electron chi connectivity index (χ2n) is 8.12. The van der Waals surface area contributed by atoms with E-state index < -0.39 is 11.7 Å². The molecule has 0 aromatic heterocycles. The summed E-state index contributed by atoms with van der Waals surface area (Å²) in [5.41, 5.74) is 4.48. The Hall–Kier alpha value is -0.240. The number of hydrogen-bond acceptors (Lipinski definition) is 6. The SMILES string of the molecule is CC(C)(CCN)OCCC(C)(C)OCC(CO)OC(C)(C)CCO. The molecule has 0 aromatic carbocycles. The normalized spacial score (nSPS) is 14.9. The lowest BCUT2D eigenvalue weighted by Crippen LogP contribution is -2.39. The number of hydrogen-bond donors (Lipinski definition) is 3. The molecule has 146 valence electrons. The molecule has 0 aliphatic carbocycles. The predicted molar refractivity (Wildman–Crippen MR) is 96.1 cm³/mol. The molecule has 0 amide bonds. The maximum atomic E-state index is 9.49. The summed E-state index contributed by atoms with van der Waals surface area (Å²) >= 11 is 0. The van der Waals surface area contributed by atoms with Crippen molar-refractivity contribution in [3.05, 3.63) is 0 Å². The van der Waals surface area contributed by atoms with E-state index in [9.17, 15) is 5.11 Å². The van der Waals surface area contributed by atoms with Crippen LogP contribution in [0.25, 0.3) is 0 Å². The monoisotopic (exact) mass is 349 g/mol. The van der Waals surface area contributed by atoms with Gasteiger partial charge in [0.05, 0.1) is 36.6 Å². The Bertz CT molecular complexity index is 331. The van der Waals surface area contributed by atoms with E-state index >= 15 is 0 Å². The third-order valence-corrected chi connectivity index (χ3v) is 4.01. The fraction of sp³-hybridized carbons (Fsp3) is 1.00. The molecule has 0 spiro atoms. The van der Waals surface area contributed by atoms with Gasteiger partial charge in [-0.15, -0.1) is 0 Å². The fourth-order valence-corrected chi connectivity index (χ4v) is 2.29. The first-order valence-corrected chi connectivity index (χ1v) is 8.84. The zero-order valence-corrected chi connectivity index (χ0v) is 16.4. The molecular formula is C18H39NO5. The van der Waals surface area contributed by atoms with Gasteiger partial charge in [0.15, 0.2) is 0 Å². The first-order chi connectivity index (χ1) is 11.0. The first kappa shape index (κ1) is 23.8. The molecule has 1 unspecified atom stereocenters. The fourth-order valence-electron chi connectivity index (χ4n) is 2.29. The van der Waals surface area contributed by atoms with Crippen LogP contribution >= 0.6 is 0 Å². The molecule has 1 atom stereocenters. The van der Waals surface area contributed by atoms with E-state index in [1.54, 1.807) is 0 Å². The summed E-state index contributed by atoms with van der Waals surface area (Å²) in [6.07, 6.45) is 1.64. The molecule has 6 nitrogen and oxygen atoms in total. The summed E-state index contributed by atoms with van der Waals surface area (Å²) < 4.78 is 17.6. The van der Waals surface area contributed by atoms with Crippen molar-refractivity contribution >= 4 is 0 Å². The lowest BCUT2D eigenvalue weighted by molar-refractivity contribution is -0.152. The molecule has 0 fully saturated rings. The second-order valence-corrected chi connectivity index (χ2v) is 8.12. The highest BCUT2D eigenvalue weighted by atomic mass is 16.6. The van der Waals surface area contributed by atoms with Gasteiger partial charge in [-0.1, -0.05) is 0 Å². The highest BCUT2D eigenvalue weighted by molar-refractivity contribution is 4.75. The Balaban J connectivity index is 4.28. The highest BCUT2D eigenvalue weighted by Gasteiger charge is 2.27. The molecule has 0 radical (unpaired) electrons. The van der Waals surface area contributed by atoms with Crippen LogP contribution in [0.3, 0.4) is 0 Å². The first-order valence-electron chi connectivity index (χ1n) is 8.84. The van der Waals surface area contributed by atoms with E-state index in [0.29, 0.717) is 26.2 Å². The molecule has 0 aromatic rings. The van der Waals surface area contributed by atoms with Crippen molar-refractivity contribution in [2.24, 2.45) is 5.73 Å². The van der Waals surface area contributed by atoms with Crippen LogP contribution < -0.4 is 5.73 Å². The molecule has 6 heteroatoms. The summed E-state index contributed by atoms with van der Waals surface area (Å²) in [4.78, 5) is 0. The van der Waals surface area contributed by atoms with E-state index in [4.69, 9.17) is 25.1 Å². The largest absolute Gasteiger partial charge is 0.396 e. The summed E-state index contributed by atoms with van der Waals surface area (Å²) in [7, 11) is 0. The summed E-state index contributed by atoms with van der Waals surface area (Å²) in [5, 5.41) is 18.5. The van der Waals surface area contributed by atoms with Gasteiger partial charge in [-0.05, 0) is 67.3 Å². The molecule has 0 saturated heterocycles. The van der Waals surface area contributed by atoms with E-state index in [0.717, 1.165) is 12.8 Å². The number of rotatable bonds is 14. The van der Waals surface area contributed by atoms with Crippen molar-refractivity contribution in [2.75, 3.05) is 33.0 Å². The Kier molecular flexibility index (Phi) is 10.6. The minimum absolute atomic E-state index is 0.0490. The molecule has 0 rings (SSSR count). The summed E-state index contributed by atoms with van der Waals surface area (Å²) in [6.45, 7) is 13.3. The van der Waals surface area contributed by atoms with Gasteiger partial charge in [0.2, 0.25) is 0 Å². The van der Waals surface area contributed by atoms with Crippen molar-refractivity contribution in [1.29, 1.82) is 0 Å². The third kappa shape index (κ3) is 11.3. The zero-order valence-electron chi connectivity index (χ0n) is 16.4.